The lowest BCUT2D eigenvalue weighted by Gasteiger charge is -2.17. The molecule has 3 aromatic rings. The highest BCUT2D eigenvalue weighted by atomic mass is 16.5. The molecular formula is C25H29N3O2. The number of para-hydroxylation sites is 1. The summed E-state index contributed by atoms with van der Waals surface area (Å²) in [5.74, 6) is 0.569. The first-order valence-electron chi connectivity index (χ1n) is 10.2. The van der Waals surface area contributed by atoms with E-state index in [1.54, 1.807) is 13.3 Å². The molecule has 30 heavy (non-hydrogen) atoms. The number of nitrogens with one attached hydrogen (secondary N) is 1. The van der Waals surface area contributed by atoms with E-state index < -0.39 is 0 Å². The summed E-state index contributed by atoms with van der Waals surface area (Å²) in [6.07, 6.45) is 2.93. The van der Waals surface area contributed by atoms with Gasteiger partial charge in [-0.1, -0.05) is 37.3 Å². The summed E-state index contributed by atoms with van der Waals surface area (Å²) >= 11 is 0. The molecule has 0 atom stereocenters. The minimum absolute atomic E-state index is 0.166. The first-order chi connectivity index (χ1) is 14.4. The van der Waals surface area contributed by atoms with Crippen molar-refractivity contribution < 1.29 is 9.53 Å². The van der Waals surface area contributed by atoms with Gasteiger partial charge < -0.3 is 9.30 Å². The summed E-state index contributed by atoms with van der Waals surface area (Å²) in [6, 6.07) is 16.0. The number of hydrazone groups is 1. The van der Waals surface area contributed by atoms with Gasteiger partial charge in [0.1, 0.15) is 5.75 Å². The molecule has 0 bridgehead atoms. The zero-order valence-corrected chi connectivity index (χ0v) is 18.3. The van der Waals surface area contributed by atoms with Gasteiger partial charge in [-0.15, -0.1) is 0 Å². The van der Waals surface area contributed by atoms with E-state index in [9.17, 15) is 4.79 Å². The first kappa shape index (κ1) is 21.4. The third kappa shape index (κ3) is 4.62. The Bertz CT molecular complexity index is 1080. The monoisotopic (exact) mass is 403 g/mol. The molecule has 1 N–H and O–H groups in total. The van der Waals surface area contributed by atoms with Crippen molar-refractivity contribution >= 4 is 12.1 Å². The van der Waals surface area contributed by atoms with Crippen LogP contribution in [-0.4, -0.2) is 23.8 Å². The molecule has 2 aromatic carbocycles. The minimum Gasteiger partial charge on any atom is -0.497 e. The van der Waals surface area contributed by atoms with E-state index in [-0.39, 0.29) is 12.3 Å². The standard InChI is InChI=1S/C25H29N3O2/c1-6-21-11-7-9-17(2)25(21)28-18(3)13-22(19(28)4)16-26-27-24(29)15-20-10-8-12-23(14-20)30-5/h7-14,16H,6,15H2,1-5H3,(H,27,29)/b26-16+. The van der Waals surface area contributed by atoms with Gasteiger partial charge in [-0.3, -0.25) is 4.79 Å². The van der Waals surface area contributed by atoms with Crippen LogP contribution >= 0.6 is 0 Å². The molecule has 0 radical (unpaired) electrons. The fraction of sp³-hybridized carbons (Fsp3) is 0.280. The maximum absolute atomic E-state index is 12.2. The summed E-state index contributed by atoms with van der Waals surface area (Å²) in [4.78, 5) is 12.2. The SMILES string of the molecule is CCc1cccc(C)c1-n1c(C)cc(/C=N/NC(=O)Cc2cccc(OC)c2)c1C. The van der Waals surface area contributed by atoms with Gasteiger partial charge in [0.15, 0.2) is 0 Å². The van der Waals surface area contributed by atoms with Crippen molar-refractivity contribution in [2.75, 3.05) is 7.11 Å². The molecule has 0 saturated carbocycles. The van der Waals surface area contributed by atoms with Gasteiger partial charge >= 0.3 is 0 Å². The first-order valence-corrected chi connectivity index (χ1v) is 10.2. The second-order valence-corrected chi connectivity index (χ2v) is 7.42. The number of methoxy groups -OCH3 is 1. The molecule has 5 nitrogen and oxygen atoms in total. The maximum atomic E-state index is 12.2. The third-order valence-corrected chi connectivity index (χ3v) is 5.29. The van der Waals surface area contributed by atoms with Crippen LogP contribution in [0, 0.1) is 20.8 Å². The van der Waals surface area contributed by atoms with Crippen LogP contribution in [0.25, 0.3) is 5.69 Å². The van der Waals surface area contributed by atoms with Crippen LogP contribution < -0.4 is 10.2 Å². The Balaban J connectivity index is 1.76. The van der Waals surface area contributed by atoms with Crippen LogP contribution in [0.15, 0.2) is 53.6 Å². The zero-order chi connectivity index (χ0) is 21.7. The number of carbonyl (C=O) groups is 1. The lowest BCUT2D eigenvalue weighted by Crippen LogP contribution is -2.19. The number of nitrogens with zero attached hydrogens (tertiary/aromatic N) is 2. The van der Waals surface area contributed by atoms with Gasteiger partial charge in [-0.2, -0.15) is 5.10 Å². The molecule has 5 heteroatoms. The van der Waals surface area contributed by atoms with Crippen LogP contribution in [0.4, 0.5) is 0 Å². The van der Waals surface area contributed by atoms with Crippen LogP contribution in [0.1, 0.15) is 40.6 Å². The van der Waals surface area contributed by atoms with Crippen molar-refractivity contribution in [2.24, 2.45) is 5.10 Å². The van der Waals surface area contributed by atoms with Crippen LogP contribution in [0.3, 0.4) is 0 Å². The number of hydrogen-bond donors (Lipinski definition) is 1. The van der Waals surface area contributed by atoms with Crippen molar-refractivity contribution in [3.05, 3.63) is 82.2 Å². The number of aromatic nitrogens is 1. The number of ether oxygens (including phenoxy) is 1. The number of amides is 1. The zero-order valence-electron chi connectivity index (χ0n) is 18.3. The molecule has 1 amide bonds. The normalized spacial score (nSPS) is 11.1. The van der Waals surface area contributed by atoms with Crippen LogP contribution in [0.2, 0.25) is 0 Å². The molecule has 0 fully saturated rings. The maximum Gasteiger partial charge on any atom is 0.244 e. The predicted octanol–water partition coefficient (Wildman–Crippen LogP) is 4.67. The van der Waals surface area contributed by atoms with E-state index in [2.05, 4.69) is 67.1 Å². The Morgan fingerprint density at radius 1 is 1.13 bits per heavy atom. The summed E-state index contributed by atoms with van der Waals surface area (Å²) in [7, 11) is 1.61. The summed E-state index contributed by atoms with van der Waals surface area (Å²) in [5.41, 5.74) is 10.5. The fourth-order valence-corrected chi connectivity index (χ4v) is 3.77. The fourth-order valence-electron chi connectivity index (χ4n) is 3.77. The molecule has 3 rings (SSSR count). The van der Waals surface area contributed by atoms with Gasteiger partial charge in [0.25, 0.3) is 0 Å². The van der Waals surface area contributed by atoms with Gasteiger partial charge in [0.2, 0.25) is 5.91 Å². The predicted molar refractivity (Wildman–Crippen MR) is 122 cm³/mol. The van der Waals surface area contributed by atoms with Crippen molar-refractivity contribution in [3.63, 3.8) is 0 Å². The minimum atomic E-state index is -0.166. The molecule has 1 aromatic heterocycles. The van der Waals surface area contributed by atoms with E-state index in [1.807, 2.05) is 24.3 Å². The number of hydrogen-bond acceptors (Lipinski definition) is 3. The molecule has 156 valence electrons. The Hall–Kier alpha value is -3.34. The van der Waals surface area contributed by atoms with Gasteiger partial charge in [-0.05, 0) is 62.1 Å². The molecular weight excluding hydrogens is 374 g/mol. The molecule has 0 aliphatic carbocycles. The van der Waals surface area contributed by atoms with Crippen molar-refractivity contribution in [3.8, 4) is 11.4 Å². The topological polar surface area (TPSA) is 55.6 Å². The number of rotatable bonds is 7. The molecule has 0 saturated heterocycles. The molecule has 0 spiro atoms. The van der Waals surface area contributed by atoms with E-state index in [4.69, 9.17) is 4.74 Å². The lowest BCUT2D eigenvalue weighted by molar-refractivity contribution is -0.120. The lowest BCUT2D eigenvalue weighted by atomic mass is 10.1. The van der Waals surface area contributed by atoms with Crippen molar-refractivity contribution in [1.29, 1.82) is 0 Å². The molecule has 0 aliphatic heterocycles. The summed E-state index contributed by atoms with van der Waals surface area (Å²) in [6.45, 7) is 8.49. The third-order valence-electron chi connectivity index (χ3n) is 5.29. The highest BCUT2D eigenvalue weighted by Gasteiger charge is 2.14. The second kappa shape index (κ2) is 9.44. The van der Waals surface area contributed by atoms with E-state index in [1.165, 1.54) is 16.8 Å². The molecule has 1 heterocycles. The average Bonchev–Trinajstić information content (AvgIpc) is 3.01. The van der Waals surface area contributed by atoms with Gasteiger partial charge in [-0.25, -0.2) is 5.43 Å². The highest BCUT2D eigenvalue weighted by Crippen LogP contribution is 2.26. The van der Waals surface area contributed by atoms with E-state index in [0.29, 0.717) is 0 Å². The number of benzene rings is 2. The van der Waals surface area contributed by atoms with E-state index in [0.717, 1.165) is 34.7 Å². The quantitative estimate of drug-likeness (QED) is 0.460. The number of aryl methyl sites for hydroxylation is 3. The van der Waals surface area contributed by atoms with Crippen LogP contribution in [0.5, 0.6) is 5.75 Å². The smallest absolute Gasteiger partial charge is 0.244 e. The summed E-state index contributed by atoms with van der Waals surface area (Å²) < 4.78 is 7.47. The van der Waals surface area contributed by atoms with Gasteiger partial charge in [0.05, 0.1) is 25.4 Å². The summed E-state index contributed by atoms with van der Waals surface area (Å²) in [5, 5.41) is 4.19. The van der Waals surface area contributed by atoms with Crippen molar-refractivity contribution in [2.45, 2.75) is 40.5 Å². The Kier molecular flexibility index (Phi) is 6.72. The van der Waals surface area contributed by atoms with E-state index >= 15 is 0 Å². The number of carbonyl (C=O) groups excluding carboxylic acids is 1. The second-order valence-electron chi connectivity index (χ2n) is 7.42. The Morgan fingerprint density at radius 2 is 1.90 bits per heavy atom. The Labute approximate surface area is 178 Å². The highest BCUT2D eigenvalue weighted by molar-refractivity contribution is 5.85. The Morgan fingerprint density at radius 3 is 2.63 bits per heavy atom. The van der Waals surface area contributed by atoms with Crippen molar-refractivity contribution in [1.82, 2.24) is 9.99 Å². The molecule has 0 unspecified atom stereocenters. The molecule has 0 aliphatic rings. The van der Waals surface area contributed by atoms with Crippen LogP contribution in [-0.2, 0) is 17.6 Å². The van der Waals surface area contributed by atoms with Gasteiger partial charge in [0, 0.05) is 17.0 Å². The largest absolute Gasteiger partial charge is 0.497 e. The average molecular weight is 404 g/mol.